The maximum absolute atomic E-state index is 12.0. The lowest BCUT2D eigenvalue weighted by atomic mass is 10.4. The Morgan fingerprint density at radius 1 is 1.50 bits per heavy atom. The van der Waals surface area contributed by atoms with Gasteiger partial charge in [-0.25, -0.2) is 18.1 Å². The first-order chi connectivity index (χ1) is 9.51. The molecule has 0 saturated heterocycles. The molecule has 20 heavy (non-hydrogen) atoms. The number of aromatic nitrogens is 2. The molecule has 2 aromatic heterocycles. The molecule has 8 heteroatoms. The van der Waals surface area contributed by atoms with Crippen molar-refractivity contribution < 1.29 is 13.5 Å². The summed E-state index contributed by atoms with van der Waals surface area (Å²) in [7, 11) is -3.58. The predicted molar refractivity (Wildman–Crippen MR) is 75.6 cm³/mol. The third kappa shape index (κ3) is 3.68. The van der Waals surface area contributed by atoms with Crippen molar-refractivity contribution in [2.45, 2.75) is 18.5 Å². The van der Waals surface area contributed by atoms with Crippen LogP contribution < -0.4 is 4.72 Å². The molecule has 0 bridgehead atoms. The Hall–Kier alpha value is -1.66. The quantitative estimate of drug-likeness (QED) is 0.721. The Morgan fingerprint density at radius 2 is 2.30 bits per heavy atom. The third-order valence-electron chi connectivity index (χ3n) is 2.36. The molecule has 0 spiro atoms. The van der Waals surface area contributed by atoms with E-state index in [4.69, 9.17) is 5.11 Å². The second kappa shape index (κ2) is 6.19. The Kier molecular flexibility index (Phi) is 4.57. The van der Waals surface area contributed by atoms with Gasteiger partial charge in [0.25, 0.3) is 10.0 Å². The minimum atomic E-state index is -3.58. The molecule has 0 amide bonds. The first kappa shape index (κ1) is 14.7. The number of aliphatic hydroxyl groups is 1. The standard InChI is InChI=1S/C12H13N3O3S2/c1-9-13-8-12(15-9)20(17,18)14-7-11-5-4-10(19-11)3-2-6-16/h4-5,8,14,16H,6-7H2,1H3,(H,13,15). The number of nitrogens with zero attached hydrogens (tertiary/aromatic N) is 1. The fourth-order valence-corrected chi connectivity index (χ4v) is 3.33. The Balaban J connectivity index is 2.03. The topological polar surface area (TPSA) is 95.1 Å². The largest absolute Gasteiger partial charge is 0.384 e. The van der Waals surface area contributed by atoms with Crippen molar-refractivity contribution >= 4 is 21.4 Å². The number of aromatic amines is 1. The minimum Gasteiger partial charge on any atom is -0.384 e. The highest BCUT2D eigenvalue weighted by molar-refractivity contribution is 7.89. The van der Waals surface area contributed by atoms with E-state index in [1.165, 1.54) is 17.5 Å². The van der Waals surface area contributed by atoms with Gasteiger partial charge in [-0.2, -0.15) is 0 Å². The van der Waals surface area contributed by atoms with Crippen LogP contribution in [0.5, 0.6) is 0 Å². The van der Waals surface area contributed by atoms with Gasteiger partial charge in [-0.05, 0) is 19.1 Å². The molecule has 0 unspecified atom stereocenters. The summed E-state index contributed by atoms with van der Waals surface area (Å²) in [5.41, 5.74) is 0. The third-order valence-corrected chi connectivity index (χ3v) is 4.67. The number of aryl methyl sites for hydroxylation is 1. The van der Waals surface area contributed by atoms with Crippen molar-refractivity contribution in [2.24, 2.45) is 0 Å². The number of sulfonamides is 1. The number of rotatable bonds is 4. The molecule has 0 saturated carbocycles. The summed E-state index contributed by atoms with van der Waals surface area (Å²) >= 11 is 1.38. The summed E-state index contributed by atoms with van der Waals surface area (Å²) in [4.78, 5) is 8.16. The maximum atomic E-state index is 12.0. The van der Waals surface area contributed by atoms with Crippen molar-refractivity contribution in [1.82, 2.24) is 14.7 Å². The summed E-state index contributed by atoms with van der Waals surface area (Å²) in [5.74, 6) is 5.86. The molecule has 2 rings (SSSR count). The highest BCUT2D eigenvalue weighted by Crippen LogP contribution is 2.16. The molecule has 6 nitrogen and oxygen atoms in total. The van der Waals surface area contributed by atoms with Crippen LogP contribution in [0.4, 0.5) is 0 Å². The first-order valence-corrected chi connectivity index (χ1v) is 8.01. The highest BCUT2D eigenvalue weighted by Gasteiger charge is 2.16. The van der Waals surface area contributed by atoms with E-state index in [2.05, 4.69) is 26.5 Å². The van der Waals surface area contributed by atoms with Crippen molar-refractivity contribution in [2.75, 3.05) is 6.61 Å². The summed E-state index contributed by atoms with van der Waals surface area (Å²) in [6, 6.07) is 3.59. The average Bonchev–Trinajstić information content (AvgIpc) is 3.03. The summed E-state index contributed by atoms with van der Waals surface area (Å²) in [5, 5.41) is 8.65. The Morgan fingerprint density at radius 3 is 2.95 bits per heavy atom. The van der Waals surface area contributed by atoms with Crippen LogP contribution in [-0.2, 0) is 16.6 Å². The van der Waals surface area contributed by atoms with Crippen LogP contribution in [0.3, 0.4) is 0 Å². The van der Waals surface area contributed by atoms with Crippen LogP contribution in [-0.4, -0.2) is 30.1 Å². The van der Waals surface area contributed by atoms with E-state index in [0.717, 1.165) is 9.75 Å². The van der Waals surface area contributed by atoms with Gasteiger partial charge in [0.1, 0.15) is 12.4 Å². The molecule has 0 aromatic carbocycles. The fraction of sp³-hybridized carbons (Fsp3) is 0.250. The number of aliphatic hydroxyl groups excluding tert-OH is 1. The molecule has 2 aromatic rings. The summed E-state index contributed by atoms with van der Waals surface area (Å²) in [6.45, 7) is 1.68. The molecule has 2 heterocycles. The number of imidazole rings is 1. The van der Waals surface area contributed by atoms with E-state index < -0.39 is 10.0 Å². The van der Waals surface area contributed by atoms with E-state index in [1.807, 2.05) is 0 Å². The van der Waals surface area contributed by atoms with Crippen molar-refractivity contribution in [1.29, 1.82) is 0 Å². The van der Waals surface area contributed by atoms with Crippen molar-refractivity contribution in [3.05, 3.63) is 33.9 Å². The highest BCUT2D eigenvalue weighted by atomic mass is 32.2. The van der Waals surface area contributed by atoms with E-state index in [9.17, 15) is 8.42 Å². The monoisotopic (exact) mass is 311 g/mol. The van der Waals surface area contributed by atoms with Crippen LogP contribution >= 0.6 is 11.3 Å². The van der Waals surface area contributed by atoms with Crippen LogP contribution in [0, 0.1) is 18.8 Å². The average molecular weight is 311 g/mol. The van der Waals surface area contributed by atoms with Gasteiger partial charge in [-0.15, -0.1) is 11.3 Å². The SMILES string of the molecule is Cc1ncc(S(=O)(=O)NCc2ccc(C#CCO)s2)[nH]1. The molecule has 0 aliphatic carbocycles. The normalized spacial score (nSPS) is 11.1. The summed E-state index contributed by atoms with van der Waals surface area (Å²) in [6.07, 6.45) is 1.28. The number of hydrogen-bond donors (Lipinski definition) is 3. The number of hydrogen-bond acceptors (Lipinski definition) is 5. The van der Waals surface area contributed by atoms with Gasteiger partial charge in [0.2, 0.25) is 0 Å². The summed E-state index contributed by atoms with van der Waals surface area (Å²) < 4.78 is 26.4. The van der Waals surface area contributed by atoms with E-state index in [-0.39, 0.29) is 18.2 Å². The second-order valence-corrected chi connectivity index (χ2v) is 6.79. The lowest BCUT2D eigenvalue weighted by Crippen LogP contribution is -2.23. The number of nitrogens with one attached hydrogen (secondary N) is 2. The van der Waals surface area contributed by atoms with E-state index in [0.29, 0.717) is 5.82 Å². The van der Waals surface area contributed by atoms with Gasteiger partial charge >= 0.3 is 0 Å². The Labute approximate surface area is 120 Å². The molecule has 106 valence electrons. The van der Waals surface area contributed by atoms with Crippen molar-refractivity contribution in [3.8, 4) is 11.8 Å². The molecular formula is C12H13N3O3S2. The van der Waals surface area contributed by atoms with Gasteiger partial charge < -0.3 is 10.1 Å². The van der Waals surface area contributed by atoms with Gasteiger partial charge in [0.15, 0.2) is 5.03 Å². The molecule has 0 atom stereocenters. The molecule has 0 aliphatic heterocycles. The lowest BCUT2D eigenvalue weighted by molar-refractivity contribution is 0.350. The molecule has 0 aliphatic rings. The first-order valence-electron chi connectivity index (χ1n) is 5.71. The zero-order chi connectivity index (χ0) is 14.6. The maximum Gasteiger partial charge on any atom is 0.257 e. The lowest BCUT2D eigenvalue weighted by Gasteiger charge is -2.02. The van der Waals surface area contributed by atoms with Gasteiger partial charge in [-0.1, -0.05) is 11.8 Å². The number of thiophene rings is 1. The van der Waals surface area contributed by atoms with Crippen LogP contribution in [0.1, 0.15) is 15.6 Å². The fourth-order valence-electron chi connectivity index (χ4n) is 1.45. The second-order valence-electron chi connectivity index (χ2n) is 3.88. The number of H-pyrrole nitrogens is 1. The van der Waals surface area contributed by atoms with E-state index >= 15 is 0 Å². The van der Waals surface area contributed by atoms with Crippen LogP contribution in [0.15, 0.2) is 23.4 Å². The van der Waals surface area contributed by atoms with Crippen LogP contribution in [0.2, 0.25) is 0 Å². The smallest absolute Gasteiger partial charge is 0.257 e. The molecule has 0 radical (unpaired) electrons. The van der Waals surface area contributed by atoms with Crippen LogP contribution in [0.25, 0.3) is 0 Å². The van der Waals surface area contributed by atoms with Gasteiger partial charge in [-0.3, -0.25) is 0 Å². The zero-order valence-corrected chi connectivity index (χ0v) is 12.3. The van der Waals surface area contributed by atoms with E-state index in [1.54, 1.807) is 19.1 Å². The van der Waals surface area contributed by atoms with Gasteiger partial charge in [0.05, 0.1) is 11.1 Å². The van der Waals surface area contributed by atoms with Crippen molar-refractivity contribution in [3.63, 3.8) is 0 Å². The molecule has 3 N–H and O–H groups in total. The minimum absolute atomic E-state index is 0.0480. The molecule has 0 fully saturated rings. The predicted octanol–water partition coefficient (Wildman–Crippen LogP) is 0.602. The van der Waals surface area contributed by atoms with Gasteiger partial charge in [0, 0.05) is 11.4 Å². The zero-order valence-electron chi connectivity index (χ0n) is 10.7. The molecular weight excluding hydrogens is 298 g/mol. The Bertz CT molecular complexity index is 750.